The fourth-order valence-electron chi connectivity index (χ4n) is 7.04. The van der Waals surface area contributed by atoms with Crippen molar-refractivity contribution in [1.29, 1.82) is 0 Å². The van der Waals surface area contributed by atoms with E-state index in [1.165, 1.54) is 0 Å². The maximum absolute atomic E-state index is 14.0. The maximum atomic E-state index is 14.0. The van der Waals surface area contributed by atoms with Gasteiger partial charge in [0, 0.05) is 26.2 Å². The predicted octanol–water partition coefficient (Wildman–Crippen LogP) is -7.34. The first-order valence-electron chi connectivity index (χ1n) is 23.7. The van der Waals surface area contributed by atoms with E-state index in [2.05, 4.69) is 36.6 Å². The van der Waals surface area contributed by atoms with Gasteiger partial charge >= 0.3 is 12.1 Å². The summed E-state index contributed by atoms with van der Waals surface area (Å²) in [5.41, 5.74) is 43.0. The molecule has 1 rings (SSSR count). The number of halogens is 3. The number of carbonyl (C=O) groups is 9. The highest BCUT2D eigenvalue weighted by Gasteiger charge is 2.42. The van der Waals surface area contributed by atoms with Crippen molar-refractivity contribution >= 4 is 64.9 Å². The van der Waals surface area contributed by atoms with Gasteiger partial charge in [-0.25, -0.2) is 9.79 Å². The number of carboxylic acid groups (broad SMARTS) is 1. The van der Waals surface area contributed by atoms with Crippen LogP contribution < -0.4 is 77.8 Å². The lowest BCUT2D eigenvalue weighted by Gasteiger charge is -2.28. The predicted molar refractivity (Wildman–Crippen MR) is 260 cm³/mol. The number of guanidine groups is 1. The highest BCUT2D eigenvalue weighted by atomic mass is 19.4. The molecule has 25 N–H and O–H groups in total. The summed E-state index contributed by atoms with van der Waals surface area (Å²) in [5, 5.41) is 43.5. The van der Waals surface area contributed by atoms with Gasteiger partial charge in [0.2, 0.25) is 35.4 Å². The number of nitrogens with one attached hydrogen (secondary N) is 6. The number of unbranched alkanes of at least 4 members (excludes halogenated alkanes) is 2. The number of aliphatic imine (C=N–C) groups is 2. The minimum absolute atomic E-state index is 0.0349. The number of nitrogens with two attached hydrogens (primary N) is 8. The van der Waals surface area contributed by atoms with E-state index < -0.39 is 145 Å². The number of carbonyl (C=O) groups excluding carboxylic acids is 8. The molecule has 0 aromatic carbocycles. The van der Waals surface area contributed by atoms with Crippen molar-refractivity contribution in [1.82, 2.24) is 36.8 Å². The third kappa shape index (κ3) is 24.1. The Morgan fingerprint density at radius 1 is 0.730 bits per heavy atom. The van der Waals surface area contributed by atoms with Crippen molar-refractivity contribution < 1.29 is 71.6 Å². The van der Waals surface area contributed by atoms with Gasteiger partial charge < -0.3 is 98.0 Å². The number of rotatable bonds is 34. The van der Waals surface area contributed by atoms with Crippen LogP contribution in [-0.2, 0) is 43.2 Å². The highest BCUT2D eigenvalue weighted by Crippen LogP contribution is 2.24. The van der Waals surface area contributed by atoms with Crippen molar-refractivity contribution in [2.75, 3.05) is 52.4 Å². The van der Waals surface area contributed by atoms with E-state index in [0.717, 1.165) is 11.0 Å². The first kappa shape index (κ1) is 65.6. The molecule has 74 heavy (non-hydrogen) atoms. The zero-order chi connectivity index (χ0) is 56.1. The van der Waals surface area contributed by atoms with E-state index in [9.17, 15) is 71.6 Å². The normalized spacial score (nSPS) is 16.8. The quantitative estimate of drug-likeness (QED) is 0.0123. The van der Waals surface area contributed by atoms with Crippen LogP contribution in [0.2, 0.25) is 0 Å². The number of hydrogen-bond acceptors (Lipinski definition) is 18. The Hall–Kier alpha value is -6.42. The lowest BCUT2D eigenvalue weighted by molar-refractivity contribution is -0.153. The van der Waals surface area contributed by atoms with Crippen LogP contribution in [0.15, 0.2) is 21.8 Å². The molecule has 8 amide bonds. The second-order valence-electron chi connectivity index (χ2n) is 16.9. The molecule has 0 aliphatic carbocycles. The molecule has 29 nitrogen and oxygen atoms in total. The van der Waals surface area contributed by atoms with Gasteiger partial charge in [0.25, 0.3) is 11.8 Å². The van der Waals surface area contributed by atoms with E-state index in [0.29, 0.717) is 25.8 Å². The lowest BCUT2D eigenvalue weighted by Crippen LogP contribution is -2.63. The summed E-state index contributed by atoms with van der Waals surface area (Å²) in [5.74, 6) is -11.2. The average Bonchev–Trinajstić information content (AvgIpc) is 3.85. The summed E-state index contributed by atoms with van der Waals surface area (Å²) >= 11 is 0. The van der Waals surface area contributed by atoms with Gasteiger partial charge in [-0.3, -0.25) is 43.3 Å². The number of nitrogens with zero attached hydrogens (tertiary/aromatic N) is 3. The van der Waals surface area contributed by atoms with E-state index in [1.54, 1.807) is 0 Å². The molecule has 1 aliphatic heterocycles. The Morgan fingerprint density at radius 2 is 1.31 bits per heavy atom. The summed E-state index contributed by atoms with van der Waals surface area (Å²) in [6, 6.07) is -10.3. The van der Waals surface area contributed by atoms with Crippen LogP contribution in [0, 0.1) is 0 Å². The Morgan fingerprint density at radius 3 is 1.86 bits per heavy atom. The summed E-state index contributed by atoms with van der Waals surface area (Å²) in [7, 11) is 0. The van der Waals surface area contributed by atoms with Gasteiger partial charge in [0.1, 0.15) is 41.6 Å². The van der Waals surface area contributed by atoms with Crippen molar-refractivity contribution in [3.8, 4) is 0 Å². The Bertz CT molecular complexity index is 1990. The molecule has 1 heterocycles. The molecular formula is C42H74F3N17O12. The van der Waals surface area contributed by atoms with Gasteiger partial charge in [-0.2, -0.15) is 13.2 Å². The molecule has 0 aromatic rings. The number of aliphatic carboxylic acids is 1. The van der Waals surface area contributed by atoms with Crippen LogP contribution >= 0.6 is 0 Å². The summed E-state index contributed by atoms with van der Waals surface area (Å²) in [6.45, 7) is -1.95. The largest absolute Gasteiger partial charge is 0.477 e. The Balaban J connectivity index is 3.35. The number of alkyl halides is 3. The number of carboxylic acids is 1. The summed E-state index contributed by atoms with van der Waals surface area (Å²) in [6.07, 6.45) is -8.35. The molecule has 0 spiro atoms. The topological polar surface area (TPSA) is 523 Å². The minimum Gasteiger partial charge on any atom is -0.477 e. The summed E-state index contributed by atoms with van der Waals surface area (Å²) < 4.78 is 41.9. The van der Waals surface area contributed by atoms with Gasteiger partial charge in [-0.1, -0.05) is 12.5 Å². The molecule has 32 heteroatoms. The number of hydrogen-bond donors (Lipinski definition) is 17. The molecule has 1 saturated heterocycles. The SMILES string of the molecule is NCCCC[C@H](NC(=O)[C@H](CC(F)(F)F)NC(=O)[C@@H]1CCCN1C(=O)C(CCCN)=NC(=O)CNC(=O)[C@@H](NC(=O)[C@@H](NC(=O)[C@@H](N)CCCCN)[C@@H](O)CN)[C@@H](O)CN)C(=O)N/C(=C\CCN=C(N)N)C(=O)O. The molecule has 1 fully saturated rings. The summed E-state index contributed by atoms with van der Waals surface area (Å²) in [4.78, 5) is 127. The lowest BCUT2D eigenvalue weighted by atomic mass is 10.1. The first-order chi connectivity index (χ1) is 34.8. The smallest absolute Gasteiger partial charge is 0.391 e. The van der Waals surface area contributed by atoms with Gasteiger partial charge in [-0.05, 0) is 83.8 Å². The minimum atomic E-state index is -5.08. The molecule has 0 aromatic heterocycles. The standard InChI is InChI=1S/C42H74F3N17O12/c43-42(44,45)18-26(35(68)57-23(9-2-4-14-47)34(67)58-25(40(73)74)11-6-16-54-41(52)53)59-36(69)27-12-7-17-62(27)39(72)24(10-5-15-48)56-30(65)21-55-37(70)31(28(63)19-49)61-38(71)32(29(64)20-50)60-33(66)22(51)8-1-3-13-46/h11,22-23,26-29,31-32,63-64H,1-10,12-21,46-51H2,(H,55,70)(H,57,68)(H,58,67)(H,59,69)(H,60,66)(H,61,71)(H,73,74)(H4,52,53,54)/b25-11-,56-24?/t22-,23-,26-,27-,28-,29-,31-,32-/m0/s1. The third-order valence-electron chi connectivity index (χ3n) is 11.0. The molecule has 420 valence electrons. The van der Waals surface area contributed by atoms with E-state index in [4.69, 9.17) is 45.9 Å². The highest BCUT2D eigenvalue weighted by molar-refractivity contribution is 6.40. The monoisotopic (exact) mass is 1070 g/mol. The van der Waals surface area contributed by atoms with E-state index in [-0.39, 0.29) is 83.5 Å². The first-order valence-corrected chi connectivity index (χ1v) is 23.7. The van der Waals surface area contributed by atoms with E-state index in [1.807, 2.05) is 5.32 Å². The number of aliphatic hydroxyl groups is 2. The molecule has 0 unspecified atom stereocenters. The number of aliphatic hydroxyl groups excluding tert-OH is 2. The van der Waals surface area contributed by atoms with Crippen LogP contribution in [0.4, 0.5) is 13.2 Å². The van der Waals surface area contributed by atoms with Crippen molar-refractivity contribution in [2.45, 2.75) is 132 Å². The van der Waals surface area contributed by atoms with Gasteiger partial charge in [-0.15, -0.1) is 0 Å². The van der Waals surface area contributed by atoms with Crippen LogP contribution in [-0.4, -0.2) is 192 Å². The van der Waals surface area contributed by atoms with Crippen molar-refractivity contribution in [3.05, 3.63) is 11.8 Å². The molecule has 0 radical (unpaired) electrons. The van der Waals surface area contributed by atoms with Crippen LogP contribution in [0.3, 0.4) is 0 Å². The molecule has 8 atom stereocenters. The van der Waals surface area contributed by atoms with Crippen molar-refractivity contribution in [2.24, 2.45) is 55.9 Å². The number of likely N-dealkylation sites (tertiary alicyclic amines) is 1. The zero-order valence-corrected chi connectivity index (χ0v) is 40.9. The Labute approximate surface area is 424 Å². The number of amides is 8. The molecule has 0 saturated carbocycles. The fraction of sp³-hybridized carbons (Fsp3) is 0.690. The Kier molecular flexibility index (Phi) is 30.3. The van der Waals surface area contributed by atoms with E-state index >= 15 is 0 Å². The van der Waals surface area contributed by atoms with Crippen LogP contribution in [0.25, 0.3) is 0 Å². The van der Waals surface area contributed by atoms with Gasteiger partial charge in [0.15, 0.2) is 5.96 Å². The molecular weight excluding hydrogens is 992 g/mol. The maximum Gasteiger partial charge on any atom is 0.391 e. The van der Waals surface area contributed by atoms with Crippen LogP contribution in [0.5, 0.6) is 0 Å². The average molecular weight is 1070 g/mol. The second-order valence-corrected chi connectivity index (χ2v) is 16.9. The third-order valence-corrected chi connectivity index (χ3v) is 11.0. The fourth-order valence-corrected chi connectivity index (χ4v) is 7.04. The van der Waals surface area contributed by atoms with Crippen molar-refractivity contribution in [3.63, 3.8) is 0 Å². The molecule has 1 aliphatic rings. The second kappa shape index (κ2) is 34.1. The zero-order valence-electron chi connectivity index (χ0n) is 40.9. The van der Waals surface area contributed by atoms with Crippen LogP contribution in [0.1, 0.15) is 77.0 Å². The molecule has 0 bridgehead atoms. The van der Waals surface area contributed by atoms with Gasteiger partial charge in [0.05, 0.1) is 31.2 Å².